The summed E-state index contributed by atoms with van der Waals surface area (Å²) in [6.45, 7) is 2.59. The van der Waals surface area contributed by atoms with Gasteiger partial charge in [0.15, 0.2) is 0 Å². The van der Waals surface area contributed by atoms with Gasteiger partial charge in [-0.25, -0.2) is 0 Å². The maximum Gasteiger partial charge on any atom is 0.240 e. The van der Waals surface area contributed by atoms with Crippen LogP contribution >= 0.6 is 0 Å². The van der Waals surface area contributed by atoms with Gasteiger partial charge in [-0.1, -0.05) is 6.92 Å². The number of pyridine rings is 1. The first-order valence-corrected chi connectivity index (χ1v) is 6.44. The van der Waals surface area contributed by atoms with Crippen LogP contribution in [-0.4, -0.2) is 18.7 Å². The van der Waals surface area contributed by atoms with E-state index in [1.165, 1.54) is 0 Å². The Bertz CT molecular complexity index is 556. The van der Waals surface area contributed by atoms with Crippen LogP contribution in [0.4, 0.5) is 5.69 Å². The minimum absolute atomic E-state index is 0.401. The van der Waals surface area contributed by atoms with Crippen molar-refractivity contribution < 1.29 is 14.2 Å². The van der Waals surface area contributed by atoms with Crippen LogP contribution in [0.25, 0.3) is 0 Å². The molecule has 0 aliphatic carbocycles. The smallest absolute Gasteiger partial charge is 0.240 e. The molecule has 0 unspecified atom stereocenters. The van der Waals surface area contributed by atoms with Crippen LogP contribution in [0.15, 0.2) is 36.4 Å². The zero-order valence-electron chi connectivity index (χ0n) is 11.6. The van der Waals surface area contributed by atoms with Crippen LogP contribution < -0.4 is 19.9 Å². The third-order valence-corrected chi connectivity index (χ3v) is 2.59. The van der Waals surface area contributed by atoms with E-state index < -0.39 is 0 Å². The van der Waals surface area contributed by atoms with Crippen molar-refractivity contribution in [3.05, 3.63) is 36.4 Å². The minimum Gasteiger partial charge on any atom is -0.497 e. The van der Waals surface area contributed by atoms with Crippen molar-refractivity contribution in [2.75, 3.05) is 19.5 Å². The highest BCUT2D eigenvalue weighted by atomic mass is 16.5. The maximum absolute atomic E-state index is 5.80. The normalized spacial score (nSPS) is 10.1. The second-order valence-electron chi connectivity index (χ2n) is 4.17. The molecule has 1 aromatic carbocycles. The van der Waals surface area contributed by atoms with Crippen molar-refractivity contribution >= 4 is 5.69 Å². The van der Waals surface area contributed by atoms with E-state index in [1.54, 1.807) is 19.2 Å². The summed E-state index contributed by atoms with van der Waals surface area (Å²) in [5.74, 6) is 2.28. The molecular weight excluding hydrogens is 256 g/mol. The molecule has 1 aromatic heterocycles. The lowest BCUT2D eigenvalue weighted by atomic mass is 10.3. The number of hydrogen-bond acceptors (Lipinski definition) is 5. The fourth-order valence-corrected chi connectivity index (χ4v) is 1.57. The lowest BCUT2D eigenvalue weighted by Gasteiger charge is -2.10. The number of nitrogens with two attached hydrogens (primary N) is 1. The molecule has 2 aromatic rings. The predicted octanol–water partition coefficient (Wildman–Crippen LogP) is 3.25. The summed E-state index contributed by atoms with van der Waals surface area (Å²) >= 11 is 0. The van der Waals surface area contributed by atoms with Crippen LogP contribution in [-0.2, 0) is 0 Å². The van der Waals surface area contributed by atoms with Crippen LogP contribution in [0.2, 0.25) is 0 Å². The Morgan fingerprint density at radius 1 is 1.05 bits per heavy atom. The number of ether oxygens (including phenoxy) is 3. The van der Waals surface area contributed by atoms with Gasteiger partial charge in [-0.05, 0) is 36.8 Å². The summed E-state index contributed by atoms with van der Waals surface area (Å²) in [5, 5.41) is 0. The standard InChI is InChI=1S/C15H18N2O3/c1-3-10-19-15-13(16)8-9-14(17-15)20-12-6-4-11(18-2)5-7-12/h4-9H,3,10,16H2,1-2H3. The average molecular weight is 274 g/mol. The van der Waals surface area contributed by atoms with Crippen molar-refractivity contribution in [3.63, 3.8) is 0 Å². The monoisotopic (exact) mass is 274 g/mol. The highest BCUT2D eigenvalue weighted by Gasteiger charge is 2.06. The molecular formula is C15H18N2O3. The van der Waals surface area contributed by atoms with Crippen molar-refractivity contribution in [3.8, 4) is 23.3 Å². The Kier molecular flexibility index (Phi) is 4.65. The van der Waals surface area contributed by atoms with Gasteiger partial charge in [0.2, 0.25) is 11.8 Å². The number of nitrogen functional groups attached to an aromatic ring is 1. The highest BCUT2D eigenvalue weighted by Crippen LogP contribution is 2.27. The Morgan fingerprint density at radius 3 is 2.40 bits per heavy atom. The predicted molar refractivity (Wildman–Crippen MR) is 77.5 cm³/mol. The van der Waals surface area contributed by atoms with Crippen LogP contribution in [0.5, 0.6) is 23.3 Å². The molecule has 2 rings (SSSR count). The molecule has 5 heteroatoms. The molecule has 0 atom stereocenters. The molecule has 106 valence electrons. The van der Waals surface area contributed by atoms with Crippen LogP contribution in [0.3, 0.4) is 0 Å². The number of anilines is 1. The molecule has 0 fully saturated rings. The fraction of sp³-hybridized carbons (Fsp3) is 0.267. The Morgan fingerprint density at radius 2 is 1.75 bits per heavy atom. The topological polar surface area (TPSA) is 66.6 Å². The van der Waals surface area contributed by atoms with Crippen molar-refractivity contribution in [2.45, 2.75) is 13.3 Å². The zero-order chi connectivity index (χ0) is 14.4. The molecule has 0 spiro atoms. The summed E-state index contributed by atoms with van der Waals surface area (Å²) in [5.41, 5.74) is 6.30. The third-order valence-electron chi connectivity index (χ3n) is 2.59. The Balaban J connectivity index is 2.11. The number of rotatable bonds is 6. The van der Waals surface area contributed by atoms with E-state index in [2.05, 4.69) is 4.98 Å². The van der Waals surface area contributed by atoms with Gasteiger partial charge in [-0.15, -0.1) is 0 Å². The molecule has 20 heavy (non-hydrogen) atoms. The number of methoxy groups -OCH3 is 1. The highest BCUT2D eigenvalue weighted by molar-refractivity contribution is 5.49. The molecule has 2 N–H and O–H groups in total. The molecule has 0 aliphatic heterocycles. The lowest BCUT2D eigenvalue weighted by molar-refractivity contribution is 0.302. The van der Waals surface area contributed by atoms with Crippen molar-refractivity contribution in [1.29, 1.82) is 0 Å². The van der Waals surface area contributed by atoms with E-state index in [-0.39, 0.29) is 0 Å². The van der Waals surface area contributed by atoms with Gasteiger partial charge < -0.3 is 19.9 Å². The van der Waals surface area contributed by atoms with E-state index in [0.717, 1.165) is 12.2 Å². The third kappa shape index (κ3) is 3.54. The number of benzene rings is 1. The minimum atomic E-state index is 0.401. The van der Waals surface area contributed by atoms with Crippen molar-refractivity contribution in [1.82, 2.24) is 4.98 Å². The quantitative estimate of drug-likeness (QED) is 0.875. The first-order chi connectivity index (χ1) is 9.72. The largest absolute Gasteiger partial charge is 0.497 e. The van der Waals surface area contributed by atoms with Gasteiger partial charge in [0.25, 0.3) is 0 Å². The molecule has 5 nitrogen and oxygen atoms in total. The molecule has 0 bridgehead atoms. The van der Waals surface area contributed by atoms with Gasteiger partial charge >= 0.3 is 0 Å². The number of nitrogens with zero attached hydrogens (tertiary/aromatic N) is 1. The van der Waals surface area contributed by atoms with E-state index >= 15 is 0 Å². The number of aromatic nitrogens is 1. The Labute approximate surface area is 118 Å². The van der Waals surface area contributed by atoms with E-state index in [9.17, 15) is 0 Å². The second kappa shape index (κ2) is 6.65. The molecule has 0 saturated heterocycles. The molecule has 0 radical (unpaired) electrons. The lowest BCUT2D eigenvalue weighted by Crippen LogP contribution is -2.02. The summed E-state index contributed by atoms with van der Waals surface area (Å²) < 4.78 is 16.2. The molecule has 0 aliphatic rings. The maximum atomic E-state index is 5.80. The Hall–Kier alpha value is -2.43. The van der Waals surface area contributed by atoms with Gasteiger partial charge in [0.1, 0.15) is 11.5 Å². The number of hydrogen-bond donors (Lipinski definition) is 1. The average Bonchev–Trinajstić information content (AvgIpc) is 2.48. The van der Waals surface area contributed by atoms with Crippen LogP contribution in [0, 0.1) is 0 Å². The molecule has 0 saturated carbocycles. The molecule has 0 amide bonds. The summed E-state index contributed by atoms with van der Waals surface area (Å²) in [4.78, 5) is 4.25. The fourth-order valence-electron chi connectivity index (χ4n) is 1.57. The summed E-state index contributed by atoms with van der Waals surface area (Å²) in [7, 11) is 1.62. The zero-order valence-corrected chi connectivity index (χ0v) is 11.6. The first-order valence-electron chi connectivity index (χ1n) is 6.44. The summed E-state index contributed by atoms with van der Waals surface area (Å²) in [6.07, 6.45) is 0.894. The van der Waals surface area contributed by atoms with Gasteiger partial charge in [-0.2, -0.15) is 4.98 Å². The van der Waals surface area contributed by atoms with Gasteiger partial charge in [0, 0.05) is 6.07 Å². The first kappa shape index (κ1) is 14.0. The van der Waals surface area contributed by atoms with E-state index in [1.807, 2.05) is 31.2 Å². The van der Waals surface area contributed by atoms with Gasteiger partial charge in [0.05, 0.1) is 19.4 Å². The van der Waals surface area contributed by atoms with Crippen molar-refractivity contribution in [2.24, 2.45) is 0 Å². The summed E-state index contributed by atoms with van der Waals surface area (Å²) in [6, 6.07) is 10.7. The SMILES string of the molecule is CCCOc1nc(Oc2ccc(OC)cc2)ccc1N. The van der Waals surface area contributed by atoms with Crippen LogP contribution in [0.1, 0.15) is 13.3 Å². The van der Waals surface area contributed by atoms with Gasteiger partial charge in [-0.3, -0.25) is 0 Å². The molecule has 1 heterocycles. The van der Waals surface area contributed by atoms with E-state index in [0.29, 0.717) is 29.8 Å². The van der Waals surface area contributed by atoms with E-state index in [4.69, 9.17) is 19.9 Å². The second-order valence-corrected chi connectivity index (χ2v) is 4.17.